The molecule has 2 unspecified atom stereocenters. The van der Waals surface area contributed by atoms with Crippen molar-refractivity contribution in [2.75, 3.05) is 5.73 Å². The molecule has 16 heavy (non-hydrogen) atoms. The quantitative estimate of drug-likeness (QED) is 0.873. The fourth-order valence-electron chi connectivity index (χ4n) is 2.31. The van der Waals surface area contributed by atoms with Gasteiger partial charge in [0, 0.05) is 22.8 Å². The lowest BCUT2D eigenvalue weighted by molar-refractivity contribution is 0.394. The zero-order valence-electron chi connectivity index (χ0n) is 9.86. The van der Waals surface area contributed by atoms with Gasteiger partial charge in [0.15, 0.2) is 0 Å². The van der Waals surface area contributed by atoms with Crippen molar-refractivity contribution < 1.29 is 0 Å². The highest BCUT2D eigenvalue weighted by atomic mass is 32.2. The summed E-state index contributed by atoms with van der Waals surface area (Å²) < 4.78 is 0. The van der Waals surface area contributed by atoms with Crippen LogP contribution in [0.15, 0.2) is 18.3 Å². The van der Waals surface area contributed by atoms with Crippen LogP contribution in [-0.4, -0.2) is 10.2 Å². The fraction of sp³-hybridized carbons (Fsp3) is 0.615. The first-order valence-corrected chi connectivity index (χ1v) is 7.11. The lowest BCUT2D eigenvalue weighted by Gasteiger charge is -2.26. The summed E-state index contributed by atoms with van der Waals surface area (Å²) in [6.07, 6.45) is 7.29. The van der Waals surface area contributed by atoms with Gasteiger partial charge in [-0.15, -0.1) is 0 Å². The van der Waals surface area contributed by atoms with Crippen molar-refractivity contribution in [1.82, 2.24) is 4.98 Å². The van der Waals surface area contributed by atoms with Crippen molar-refractivity contribution >= 4 is 17.6 Å². The third-order valence-electron chi connectivity index (χ3n) is 3.29. The van der Waals surface area contributed by atoms with Gasteiger partial charge in [0.2, 0.25) is 0 Å². The van der Waals surface area contributed by atoms with Crippen molar-refractivity contribution in [3.63, 3.8) is 0 Å². The van der Waals surface area contributed by atoms with Gasteiger partial charge in [0.05, 0.1) is 0 Å². The Hall–Kier alpha value is -0.700. The first-order valence-electron chi connectivity index (χ1n) is 6.06. The average Bonchev–Trinajstić information content (AvgIpc) is 2.28. The Balaban J connectivity index is 1.85. The number of aromatic nitrogens is 1. The van der Waals surface area contributed by atoms with E-state index in [-0.39, 0.29) is 0 Å². The molecule has 1 aromatic rings. The molecule has 0 spiro atoms. The highest BCUT2D eigenvalue weighted by molar-refractivity contribution is 7.99. The summed E-state index contributed by atoms with van der Waals surface area (Å²) in [7, 11) is 0. The van der Waals surface area contributed by atoms with Crippen molar-refractivity contribution in [3.8, 4) is 0 Å². The zero-order chi connectivity index (χ0) is 11.4. The summed E-state index contributed by atoms with van der Waals surface area (Å²) >= 11 is 2.05. The SMILES string of the molecule is CC1CCCC(SCc2cccnc2N)C1. The van der Waals surface area contributed by atoms with Crippen LogP contribution in [0.1, 0.15) is 38.2 Å². The maximum Gasteiger partial charge on any atom is 0.127 e. The summed E-state index contributed by atoms with van der Waals surface area (Å²) in [5, 5.41) is 0.823. The van der Waals surface area contributed by atoms with E-state index in [1.807, 2.05) is 17.8 Å². The van der Waals surface area contributed by atoms with Gasteiger partial charge in [0.1, 0.15) is 5.82 Å². The Morgan fingerprint density at radius 1 is 1.50 bits per heavy atom. The van der Waals surface area contributed by atoms with E-state index in [0.717, 1.165) is 16.9 Å². The molecule has 0 radical (unpaired) electrons. The number of nitrogens with two attached hydrogens (primary N) is 1. The van der Waals surface area contributed by atoms with Gasteiger partial charge in [-0.1, -0.05) is 25.8 Å². The molecule has 1 aliphatic carbocycles. The van der Waals surface area contributed by atoms with Crippen LogP contribution in [0.25, 0.3) is 0 Å². The number of nitrogens with zero attached hydrogens (tertiary/aromatic N) is 1. The number of rotatable bonds is 3. The Labute approximate surface area is 102 Å². The fourth-order valence-corrected chi connectivity index (χ4v) is 3.77. The zero-order valence-corrected chi connectivity index (χ0v) is 10.7. The number of hydrogen-bond donors (Lipinski definition) is 1. The lowest BCUT2D eigenvalue weighted by atomic mass is 9.91. The second-order valence-corrected chi connectivity index (χ2v) is 6.04. The largest absolute Gasteiger partial charge is 0.383 e. The van der Waals surface area contributed by atoms with E-state index in [1.165, 1.54) is 31.2 Å². The smallest absolute Gasteiger partial charge is 0.127 e. The van der Waals surface area contributed by atoms with Crippen LogP contribution in [0.3, 0.4) is 0 Å². The molecule has 88 valence electrons. The molecule has 1 fully saturated rings. The lowest BCUT2D eigenvalue weighted by Crippen LogP contribution is -2.15. The van der Waals surface area contributed by atoms with Crippen LogP contribution in [0.2, 0.25) is 0 Å². The minimum atomic E-state index is 0.693. The Morgan fingerprint density at radius 2 is 2.38 bits per heavy atom. The Kier molecular flexibility index (Phi) is 4.10. The molecule has 0 aliphatic heterocycles. The van der Waals surface area contributed by atoms with Crippen molar-refractivity contribution in [3.05, 3.63) is 23.9 Å². The van der Waals surface area contributed by atoms with Gasteiger partial charge in [0.25, 0.3) is 0 Å². The maximum atomic E-state index is 5.84. The van der Waals surface area contributed by atoms with Crippen LogP contribution in [0.5, 0.6) is 0 Å². The van der Waals surface area contributed by atoms with Crippen LogP contribution >= 0.6 is 11.8 Å². The number of nitrogen functional groups attached to an aromatic ring is 1. The molecule has 0 aromatic carbocycles. The van der Waals surface area contributed by atoms with Crippen LogP contribution in [-0.2, 0) is 5.75 Å². The van der Waals surface area contributed by atoms with E-state index in [1.54, 1.807) is 6.20 Å². The summed E-state index contributed by atoms with van der Waals surface area (Å²) in [6, 6.07) is 4.05. The summed E-state index contributed by atoms with van der Waals surface area (Å²) in [5.41, 5.74) is 7.02. The molecular formula is C13H20N2S. The summed E-state index contributed by atoms with van der Waals surface area (Å²) in [6.45, 7) is 2.37. The second-order valence-electron chi connectivity index (χ2n) is 4.75. The number of hydrogen-bond acceptors (Lipinski definition) is 3. The average molecular weight is 236 g/mol. The van der Waals surface area contributed by atoms with E-state index >= 15 is 0 Å². The number of anilines is 1. The molecule has 2 atom stereocenters. The molecular weight excluding hydrogens is 216 g/mol. The molecule has 0 saturated heterocycles. The first kappa shape index (κ1) is 11.8. The van der Waals surface area contributed by atoms with Gasteiger partial charge in [-0.25, -0.2) is 4.98 Å². The van der Waals surface area contributed by atoms with Gasteiger partial charge < -0.3 is 5.73 Å². The predicted molar refractivity (Wildman–Crippen MR) is 71.4 cm³/mol. The maximum absolute atomic E-state index is 5.84. The molecule has 2 N–H and O–H groups in total. The molecule has 1 aliphatic rings. The third-order valence-corrected chi connectivity index (χ3v) is 4.67. The first-order chi connectivity index (χ1) is 7.75. The van der Waals surface area contributed by atoms with E-state index in [4.69, 9.17) is 5.73 Å². The van der Waals surface area contributed by atoms with Crippen molar-refractivity contribution in [2.45, 2.75) is 43.6 Å². The van der Waals surface area contributed by atoms with E-state index in [9.17, 15) is 0 Å². The van der Waals surface area contributed by atoms with Crippen molar-refractivity contribution in [2.24, 2.45) is 5.92 Å². The second kappa shape index (κ2) is 5.58. The topological polar surface area (TPSA) is 38.9 Å². The highest BCUT2D eigenvalue weighted by Gasteiger charge is 2.19. The van der Waals surface area contributed by atoms with Gasteiger partial charge in [-0.3, -0.25) is 0 Å². The van der Waals surface area contributed by atoms with Crippen molar-refractivity contribution in [1.29, 1.82) is 0 Å². The standard InChI is InChI=1S/C13H20N2S/c1-10-4-2-6-12(8-10)16-9-11-5-3-7-15-13(11)14/h3,5,7,10,12H,2,4,6,8-9H2,1H3,(H2,14,15). The molecule has 0 bridgehead atoms. The van der Waals surface area contributed by atoms with E-state index in [0.29, 0.717) is 5.82 Å². The molecule has 2 nitrogen and oxygen atoms in total. The Bertz CT molecular complexity index is 340. The van der Waals surface area contributed by atoms with Crippen LogP contribution in [0.4, 0.5) is 5.82 Å². The molecule has 2 rings (SSSR count). The van der Waals surface area contributed by atoms with Gasteiger partial charge >= 0.3 is 0 Å². The minimum absolute atomic E-state index is 0.693. The van der Waals surface area contributed by atoms with E-state index < -0.39 is 0 Å². The van der Waals surface area contributed by atoms with Gasteiger partial charge in [-0.2, -0.15) is 11.8 Å². The minimum Gasteiger partial charge on any atom is -0.383 e. The third kappa shape index (κ3) is 3.14. The monoisotopic (exact) mass is 236 g/mol. The predicted octanol–water partition coefficient (Wildman–Crippen LogP) is 3.48. The van der Waals surface area contributed by atoms with E-state index in [2.05, 4.69) is 18.0 Å². The summed E-state index contributed by atoms with van der Waals surface area (Å²) in [4.78, 5) is 4.12. The van der Waals surface area contributed by atoms with Crippen LogP contribution < -0.4 is 5.73 Å². The Morgan fingerprint density at radius 3 is 3.12 bits per heavy atom. The molecule has 1 aromatic heterocycles. The van der Waals surface area contributed by atoms with Gasteiger partial charge in [-0.05, 0) is 24.8 Å². The molecule has 0 amide bonds. The molecule has 1 heterocycles. The number of pyridine rings is 1. The molecule has 1 saturated carbocycles. The number of thioether (sulfide) groups is 1. The van der Waals surface area contributed by atoms with Crippen LogP contribution in [0, 0.1) is 5.92 Å². The summed E-state index contributed by atoms with van der Waals surface area (Å²) in [5.74, 6) is 2.60. The highest BCUT2D eigenvalue weighted by Crippen LogP contribution is 2.33. The molecule has 3 heteroatoms. The normalized spacial score (nSPS) is 25.6.